The van der Waals surface area contributed by atoms with E-state index in [1.807, 2.05) is 6.92 Å². The molecular formula is C24H29NO6. The van der Waals surface area contributed by atoms with Gasteiger partial charge in [0, 0.05) is 11.3 Å². The summed E-state index contributed by atoms with van der Waals surface area (Å²) in [4.78, 5) is 37.4. The molecule has 2 aromatic rings. The zero-order valence-corrected chi connectivity index (χ0v) is 18.6. The number of rotatable bonds is 9. The Balaban J connectivity index is 2.27. The quantitative estimate of drug-likeness (QED) is 0.575. The summed E-state index contributed by atoms with van der Waals surface area (Å²) in [5.41, 5.74) is 0.978. The van der Waals surface area contributed by atoms with Gasteiger partial charge in [-0.3, -0.25) is 4.79 Å². The topological polar surface area (TPSA) is 90.9 Å². The maximum atomic E-state index is 12.7. The van der Waals surface area contributed by atoms with Crippen molar-refractivity contribution >= 4 is 23.5 Å². The number of carbonyl (C=O) groups excluding carboxylic acids is 3. The summed E-state index contributed by atoms with van der Waals surface area (Å²) in [7, 11) is 0. The third-order valence-electron chi connectivity index (χ3n) is 3.94. The van der Waals surface area contributed by atoms with Gasteiger partial charge in [-0.1, -0.05) is 6.92 Å². The van der Waals surface area contributed by atoms with E-state index in [1.165, 1.54) is 18.2 Å². The fourth-order valence-corrected chi connectivity index (χ4v) is 2.63. The number of hydrogen-bond donors (Lipinski definition) is 1. The highest BCUT2D eigenvalue weighted by atomic mass is 16.5. The standard InChI is InChI=1S/C24H29NO6/c1-6-11-29-21-9-7-17(8-10-21)22(26)25-20-13-18(23(27)30-15(2)3)12-19(14-20)24(28)31-16(4)5/h7-10,12-16H,6,11H2,1-5H3,(H,25,26). The number of hydrogen-bond acceptors (Lipinski definition) is 6. The van der Waals surface area contributed by atoms with E-state index >= 15 is 0 Å². The Hall–Kier alpha value is -3.35. The molecule has 1 N–H and O–H groups in total. The molecule has 0 unspecified atom stereocenters. The second-order valence-corrected chi connectivity index (χ2v) is 7.53. The van der Waals surface area contributed by atoms with Gasteiger partial charge in [-0.15, -0.1) is 0 Å². The predicted octanol–water partition coefficient (Wildman–Crippen LogP) is 4.86. The summed E-state index contributed by atoms with van der Waals surface area (Å²) >= 11 is 0. The van der Waals surface area contributed by atoms with Gasteiger partial charge < -0.3 is 19.5 Å². The monoisotopic (exact) mass is 427 g/mol. The molecule has 166 valence electrons. The van der Waals surface area contributed by atoms with Crippen molar-refractivity contribution in [3.8, 4) is 5.75 Å². The molecule has 0 spiro atoms. The lowest BCUT2D eigenvalue weighted by atomic mass is 10.1. The van der Waals surface area contributed by atoms with Crippen molar-refractivity contribution in [1.82, 2.24) is 0 Å². The second kappa shape index (κ2) is 11.2. The Morgan fingerprint density at radius 1 is 0.806 bits per heavy atom. The number of benzene rings is 2. The average Bonchev–Trinajstić information content (AvgIpc) is 2.71. The zero-order chi connectivity index (χ0) is 23.0. The van der Waals surface area contributed by atoms with Crippen LogP contribution in [-0.2, 0) is 9.47 Å². The van der Waals surface area contributed by atoms with E-state index in [2.05, 4.69) is 5.32 Å². The first kappa shape index (κ1) is 23.9. The fourth-order valence-electron chi connectivity index (χ4n) is 2.63. The summed E-state index contributed by atoms with van der Waals surface area (Å²) in [5.74, 6) is -0.903. The van der Waals surface area contributed by atoms with Gasteiger partial charge in [0.25, 0.3) is 5.91 Å². The fraction of sp³-hybridized carbons (Fsp3) is 0.375. The molecule has 7 nitrogen and oxygen atoms in total. The Morgan fingerprint density at radius 2 is 1.32 bits per heavy atom. The molecule has 2 aromatic carbocycles. The lowest BCUT2D eigenvalue weighted by Crippen LogP contribution is -2.17. The number of carbonyl (C=O) groups is 3. The van der Waals surface area contributed by atoms with E-state index in [4.69, 9.17) is 14.2 Å². The van der Waals surface area contributed by atoms with E-state index in [0.29, 0.717) is 17.9 Å². The number of ether oxygens (including phenoxy) is 3. The molecule has 0 bridgehead atoms. The van der Waals surface area contributed by atoms with Gasteiger partial charge in [-0.25, -0.2) is 9.59 Å². The van der Waals surface area contributed by atoms with Gasteiger partial charge in [-0.05, 0) is 76.6 Å². The number of anilines is 1. The van der Waals surface area contributed by atoms with E-state index in [0.717, 1.165) is 6.42 Å². The number of amides is 1. The second-order valence-electron chi connectivity index (χ2n) is 7.53. The van der Waals surface area contributed by atoms with Crippen molar-refractivity contribution in [2.24, 2.45) is 0 Å². The first-order valence-corrected chi connectivity index (χ1v) is 10.3. The molecule has 0 fully saturated rings. The van der Waals surface area contributed by atoms with Crippen LogP contribution in [0.2, 0.25) is 0 Å². The number of esters is 2. The summed E-state index contributed by atoms with van der Waals surface area (Å²) < 4.78 is 16.0. The van der Waals surface area contributed by atoms with E-state index in [1.54, 1.807) is 52.0 Å². The van der Waals surface area contributed by atoms with Crippen LogP contribution in [0.25, 0.3) is 0 Å². The van der Waals surface area contributed by atoms with Gasteiger partial charge in [0.2, 0.25) is 0 Å². The van der Waals surface area contributed by atoms with Crippen LogP contribution in [-0.4, -0.2) is 36.7 Å². The molecule has 7 heteroatoms. The van der Waals surface area contributed by atoms with Crippen LogP contribution in [0.4, 0.5) is 5.69 Å². The van der Waals surface area contributed by atoms with Crippen LogP contribution >= 0.6 is 0 Å². The van der Waals surface area contributed by atoms with E-state index in [-0.39, 0.29) is 34.9 Å². The van der Waals surface area contributed by atoms with Crippen molar-refractivity contribution in [3.05, 3.63) is 59.2 Å². The molecule has 0 atom stereocenters. The average molecular weight is 427 g/mol. The van der Waals surface area contributed by atoms with Crippen LogP contribution in [0, 0.1) is 0 Å². The predicted molar refractivity (Wildman–Crippen MR) is 118 cm³/mol. The molecule has 0 aromatic heterocycles. The minimum atomic E-state index is -0.595. The van der Waals surface area contributed by atoms with Crippen LogP contribution in [0.15, 0.2) is 42.5 Å². The third-order valence-corrected chi connectivity index (χ3v) is 3.94. The molecule has 31 heavy (non-hydrogen) atoms. The smallest absolute Gasteiger partial charge is 0.338 e. The Morgan fingerprint density at radius 3 is 1.77 bits per heavy atom. The minimum absolute atomic E-state index is 0.144. The molecule has 1 amide bonds. The summed E-state index contributed by atoms with van der Waals surface area (Å²) in [6, 6.07) is 11.0. The summed E-state index contributed by atoms with van der Waals surface area (Å²) in [6.45, 7) is 9.52. The minimum Gasteiger partial charge on any atom is -0.494 e. The SMILES string of the molecule is CCCOc1ccc(C(=O)Nc2cc(C(=O)OC(C)C)cc(C(=O)OC(C)C)c2)cc1. The molecule has 2 rings (SSSR count). The Bertz CT molecular complexity index is 878. The van der Waals surface area contributed by atoms with Crippen molar-refractivity contribution in [3.63, 3.8) is 0 Å². The van der Waals surface area contributed by atoms with Gasteiger partial charge >= 0.3 is 11.9 Å². The normalized spacial score (nSPS) is 10.7. The van der Waals surface area contributed by atoms with Gasteiger partial charge in [0.1, 0.15) is 5.75 Å². The molecule has 0 radical (unpaired) electrons. The zero-order valence-electron chi connectivity index (χ0n) is 18.6. The molecule has 0 saturated carbocycles. The van der Waals surface area contributed by atoms with Crippen LogP contribution in [0.3, 0.4) is 0 Å². The Kier molecular flexibility index (Phi) is 8.61. The maximum absolute atomic E-state index is 12.7. The molecule has 0 saturated heterocycles. The maximum Gasteiger partial charge on any atom is 0.338 e. The van der Waals surface area contributed by atoms with Crippen LogP contribution in [0.1, 0.15) is 72.1 Å². The molecule has 0 heterocycles. The van der Waals surface area contributed by atoms with Crippen LogP contribution in [0.5, 0.6) is 5.75 Å². The molecule has 0 aliphatic rings. The van der Waals surface area contributed by atoms with Crippen LogP contribution < -0.4 is 10.1 Å². The lowest BCUT2D eigenvalue weighted by molar-refractivity contribution is 0.0377. The highest BCUT2D eigenvalue weighted by molar-refractivity contribution is 6.06. The van der Waals surface area contributed by atoms with Crippen molar-refractivity contribution in [1.29, 1.82) is 0 Å². The van der Waals surface area contributed by atoms with Crippen molar-refractivity contribution < 1.29 is 28.6 Å². The molecule has 0 aliphatic carbocycles. The highest BCUT2D eigenvalue weighted by Gasteiger charge is 2.18. The highest BCUT2D eigenvalue weighted by Crippen LogP contribution is 2.20. The van der Waals surface area contributed by atoms with E-state index < -0.39 is 11.9 Å². The molecule has 0 aliphatic heterocycles. The largest absolute Gasteiger partial charge is 0.494 e. The van der Waals surface area contributed by atoms with Gasteiger partial charge in [0.15, 0.2) is 0 Å². The first-order chi connectivity index (χ1) is 14.7. The summed E-state index contributed by atoms with van der Waals surface area (Å²) in [6.07, 6.45) is 0.231. The van der Waals surface area contributed by atoms with E-state index in [9.17, 15) is 14.4 Å². The van der Waals surface area contributed by atoms with Crippen molar-refractivity contribution in [2.75, 3.05) is 11.9 Å². The van der Waals surface area contributed by atoms with Gasteiger partial charge in [-0.2, -0.15) is 0 Å². The van der Waals surface area contributed by atoms with Gasteiger partial charge in [0.05, 0.1) is 29.9 Å². The first-order valence-electron chi connectivity index (χ1n) is 10.3. The molecular weight excluding hydrogens is 398 g/mol. The third kappa shape index (κ3) is 7.44. The summed E-state index contributed by atoms with van der Waals surface area (Å²) in [5, 5.41) is 2.72. The lowest BCUT2D eigenvalue weighted by Gasteiger charge is -2.13. The Labute approximate surface area is 182 Å². The van der Waals surface area contributed by atoms with Crippen molar-refractivity contribution in [2.45, 2.75) is 53.2 Å². The number of nitrogens with one attached hydrogen (secondary N) is 1.